The zero-order chi connectivity index (χ0) is 15.0. The van der Waals surface area contributed by atoms with Crippen molar-refractivity contribution in [3.8, 4) is 0 Å². The van der Waals surface area contributed by atoms with Gasteiger partial charge in [-0.05, 0) is 36.2 Å². The molecule has 0 radical (unpaired) electrons. The summed E-state index contributed by atoms with van der Waals surface area (Å²) in [6.07, 6.45) is 0.485. The molecule has 2 aromatic carbocycles. The molecule has 0 saturated carbocycles. The van der Waals surface area contributed by atoms with Crippen LogP contribution in [0.25, 0.3) is 10.9 Å². The molecule has 1 atom stereocenters. The first-order valence-electron chi connectivity index (χ1n) is 6.55. The minimum atomic E-state index is -1.17. The monoisotopic (exact) mass is 285 g/mol. The highest BCUT2D eigenvalue weighted by Gasteiger charge is 2.19. The van der Waals surface area contributed by atoms with Crippen LogP contribution in [0, 0.1) is 18.6 Å². The summed E-state index contributed by atoms with van der Waals surface area (Å²) in [6, 6.07) is 11.0. The number of halogens is 2. The summed E-state index contributed by atoms with van der Waals surface area (Å²) in [7, 11) is 0. The molecule has 4 heteroatoms. The lowest BCUT2D eigenvalue weighted by Gasteiger charge is -2.15. The van der Waals surface area contributed by atoms with Crippen molar-refractivity contribution in [1.82, 2.24) is 4.98 Å². The average molecular weight is 285 g/mol. The van der Waals surface area contributed by atoms with Crippen molar-refractivity contribution in [2.45, 2.75) is 13.0 Å². The maximum absolute atomic E-state index is 14.0. The first kappa shape index (κ1) is 13.6. The summed E-state index contributed by atoms with van der Waals surface area (Å²) in [5, 5.41) is 11.2. The Morgan fingerprint density at radius 1 is 1.00 bits per heavy atom. The van der Waals surface area contributed by atoms with Crippen LogP contribution in [0.2, 0.25) is 0 Å². The van der Waals surface area contributed by atoms with Gasteiger partial charge in [0.2, 0.25) is 0 Å². The van der Waals surface area contributed by atoms with E-state index in [0.717, 1.165) is 11.5 Å². The molecule has 1 aromatic heterocycles. The second-order valence-corrected chi connectivity index (χ2v) is 4.94. The number of hydrogen-bond donors (Lipinski definition) is 1. The molecule has 1 N–H and O–H groups in total. The zero-order valence-electron chi connectivity index (χ0n) is 11.3. The largest absolute Gasteiger partial charge is 0.384 e. The third-order valence-electron chi connectivity index (χ3n) is 3.55. The molecule has 2 nitrogen and oxygen atoms in total. The predicted octanol–water partition coefficient (Wildman–Crippen LogP) is 3.90. The second kappa shape index (κ2) is 5.22. The number of rotatable bonds is 2. The van der Waals surface area contributed by atoms with Crippen molar-refractivity contribution in [1.29, 1.82) is 0 Å². The van der Waals surface area contributed by atoms with Gasteiger partial charge in [0, 0.05) is 23.2 Å². The molecule has 0 bridgehead atoms. The Labute approximate surface area is 120 Å². The highest BCUT2D eigenvalue weighted by molar-refractivity contribution is 5.82. The maximum Gasteiger partial charge on any atom is 0.132 e. The molecule has 21 heavy (non-hydrogen) atoms. The topological polar surface area (TPSA) is 33.1 Å². The van der Waals surface area contributed by atoms with E-state index in [4.69, 9.17) is 0 Å². The zero-order valence-corrected chi connectivity index (χ0v) is 11.3. The molecule has 1 heterocycles. The van der Waals surface area contributed by atoms with Crippen molar-refractivity contribution in [2.75, 3.05) is 0 Å². The van der Waals surface area contributed by atoms with Crippen LogP contribution in [0.4, 0.5) is 8.78 Å². The minimum absolute atomic E-state index is 0.0604. The fourth-order valence-electron chi connectivity index (χ4n) is 2.42. The Morgan fingerprint density at radius 3 is 2.62 bits per heavy atom. The van der Waals surface area contributed by atoms with Gasteiger partial charge in [0.25, 0.3) is 0 Å². The lowest BCUT2D eigenvalue weighted by molar-refractivity contribution is 0.216. The summed E-state index contributed by atoms with van der Waals surface area (Å²) in [5.41, 5.74) is 1.62. The van der Waals surface area contributed by atoms with Crippen molar-refractivity contribution >= 4 is 10.9 Å². The van der Waals surface area contributed by atoms with Crippen molar-refractivity contribution in [2.24, 2.45) is 0 Å². The lowest BCUT2D eigenvalue weighted by atomic mass is 9.96. The predicted molar refractivity (Wildman–Crippen MR) is 76.9 cm³/mol. The number of aryl methyl sites for hydroxylation is 1. The van der Waals surface area contributed by atoms with E-state index in [9.17, 15) is 13.9 Å². The van der Waals surface area contributed by atoms with E-state index in [1.54, 1.807) is 24.4 Å². The van der Waals surface area contributed by atoms with Gasteiger partial charge < -0.3 is 5.11 Å². The van der Waals surface area contributed by atoms with E-state index >= 15 is 0 Å². The van der Waals surface area contributed by atoms with Gasteiger partial charge in [0.1, 0.15) is 17.7 Å². The molecule has 106 valence electrons. The third-order valence-corrected chi connectivity index (χ3v) is 3.55. The first-order valence-corrected chi connectivity index (χ1v) is 6.55. The fraction of sp³-hybridized carbons (Fsp3) is 0.118. The van der Waals surface area contributed by atoms with Gasteiger partial charge in [0.05, 0.1) is 5.52 Å². The number of aliphatic hydroxyl groups excluding tert-OH is 1. The van der Waals surface area contributed by atoms with Gasteiger partial charge in [-0.15, -0.1) is 0 Å². The van der Waals surface area contributed by atoms with E-state index in [2.05, 4.69) is 4.98 Å². The smallest absolute Gasteiger partial charge is 0.132 e. The molecular weight excluding hydrogens is 272 g/mol. The van der Waals surface area contributed by atoms with Gasteiger partial charge >= 0.3 is 0 Å². The van der Waals surface area contributed by atoms with E-state index < -0.39 is 17.7 Å². The molecule has 3 aromatic rings. The fourth-order valence-corrected chi connectivity index (χ4v) is 2.42. The van der Waals surface area contributed by atoms with E-state index in [1.165, 1.54) is 13.0 Å². The van der Waals surface area contributed by atoms with E-state index in [0.29, 0.717) is 16.6 Å². The Morgan fingerprint density at radius 2 is 1.81 bits per heavy atom. The Hall–Kier alpha value is -2.33. The third kappa shape index (κ3) is 2.38. The summed E-state index contributed by atoms with van der Waals surface area (Å²) in [5.74, 6) is -1.38. The number of aromatic nitrogens is 1. The standard InChI is InChI=1S/C17H13F2NO/c1-10-8-13(15(19)9-14(10)18)17(21)12-4-2-6-16-11(12)5-3-7-20-16/h2-9,17,21H,1H3. The summed E-state index contributed by atoms with van der Waals surface area (Å²) >= 11 is 0. The molecule has 0 aliphatic rings. The normalized spacial score (nSPS) is 12.6. The average Bonchev–Trinajstić information content (AvgIpc) is 2.49. The Kier molecular flexibility index (Phi) is 3.39. The van der Waals surface area contributed by atoms with E-state index in [1.807, 2.05) is 12.1 Å². The summed E-state index contributed by atoms with van der Waals surface area (Å²) in [6.45, 7) is 1.54. The maximum atomic E-state index is 14.0. The molecule has 1 unspecified atom stereocenters. The molecule has 0 aliphatic heterocycles. The quantitative estimate of drug-likeness (QED) is 0.774. The first-order chi connectivity index (χ1) is 10.1. The van der Waals surface area contributed by atoms with Crippen molar-refractivity contribution in [3.63, 3.8) is 0 Å². The van der Waals surface area contributed by atoms with Crippen LogP contribution in [0.3, 0.4) is 0 Å². The molecule has 0 fully saturated rings. The Bertz CT molecular complexity index is 812. The number of hydrogen-bond acceptors (Lipinski definition) is 2. The summed E-state index contributed by atoms with van der Waals surface area (Å²) < 4.78 is 27.3. The van der Waals surface area contributed by atoms with Gasteiger partial charge in [-0.25, -0.2) is 8.78 Å². The van der Waals surface area contributed by atoms with Crippen molar-refractivity contribution in [3.05, 3.63) is 77.0 Å². The van der Waals surface area contributed by atoms with Gasteiger partial charge in [-0.1, -0.05) is 18.2 Å². The molecule has 0 aliphatic carbocycles. The van der Waals surface area contributed by atoms with Crippen LogP contribution in [-0.4, -0.2) is 10.1 Å². The second-order valence-electron chi connectivity index (χ2n) is 4.94. The van der Waals surface area contributed by atoms with Crippen LogP contribution in [0.15, 0.2) is 48.7 Å². The van der Waals surface area contributed by atoms with Crippen LogP contribution >= 0.6 is 0 Å². The SMILES string of the molecule is Cc1cc(C(O)c2cccc3ncccc23)c(F)cc1F. The highest BCUT2D eigenvalue weighted by atomic mass is 19.1. The van der Waals surface area contributed by atoms with Gasteiger partial charge in [-0.3, -0.25) is 4.98 Å². The minimum Gasteiger partial charge on any atom is -0.384 e. The molecular formula is C17H13F2NO. The lowest BCUT2D eigenvalue weighted by Crippen LogP contribution is -2.05. The van der Waals surface area contributed by atoms with Gasteiger partial charge in [0.15, 0.2) is 0 Å². The number of pyridine rings is 1. The molecule has 0 amide bonds. The van der Waals surface area contributed by atoms with Crippen LogP contribution < -0.4 is 0 Å². The molecule has 0 spiro atoms. The number of nitrogens with zero attached hydrogens (tertiary/aromatic N) is 1. The highest BCUT2D eigenvalue weighted by Crippen LogP contribution is 2.30. The number of fused-ring (bicyclic) bond motifs is 1. The number of benzene rings is 2. The van der Waals surface area contributed by atoms with Crippen LogP contribution in [0.1, 0.15) is 22.8 Å². The molecule has 3 rings (SSSR count). The van der Waals surface area contributed by atoms with Gasteiger partial charge in [-0.2, -0.15) is 0 Å². The van der Waals surface area contributed by atoms with Crippen LogP contribution in [-0.2, 0) is 0 Å². The van der Waals surface area contributed by atoms with Crippen molar-refractivity contribution < 1.29 is 13.9 Å². The van der Waals surface area contributed by atoms with Crippen LogP contribution in [0.5, 0.6) is 0 Å². The van der Waals surface area contributed by atoms with E-state index in [-0.39, 0.29) is 5.56 Å². The Balaban J connectivity index is 2.17. The summed E-state index contributed by atoms with van der Waals surface area (Å²) in [4.78, 5) is 4.21. The molecule has 0 saturated heterocycles. The number of aliphatic hydroxyl groups is 1.